The molecule has 1 aromatic heterocycles. The third-order valence-corrected chi connectivity index (χ3v) is 2.90. The largest absolute Gasteiger partial charge is 0.481 e. The molecule has 0 unspecified atom stereocenters. The molecule has 1 heterocycles. The van der Waals surface area contributed by atoms with Crippen molar-refractivity contribution in [2.24, 2.45) is 11.8 Å². The Labute approximate surface area is 98.7 Å². The van der Waals surface area contributed by atoms with Crippen LogP contribution in [-0.4, -0.2) is 33.1 Å². The number of carbonyl (C=O) groups is 2. The van der Waals surface area contributed by atoms with E-state index in [2.05, 4.69) is 10.3 Å². The quantitative estimate of drug-likeness (QED) is 0.688. The molecule has 6 nitrogen and oxygen atoms in total. The smallest absolute Gasteiger partial charge is 0.307 e. The lowest BCUT2D eigenvalue weighted by Crippen LogP contribution is -2.27. The minimum absolute atomic E-state index is 0.136. The average Bonchev–Trinajstić information content (AvgIpc) is 2.95. The predicted molar refractivity (Wildman–Crippen MR) is 59.1 cm³/mol. The number of carbonyl (C=O) groups excluding carboxylic acids is 1. The zero-order valence-corrected chi connectivity index (χ0v) is 9.37. The fourth-order valence-electron chi connectivity index (χ4n) is 1.78. The number of carboxylic acid groups (broad SMARTS) is 1. The van der Waals surface area contributed by atoms with E-state index in [0.29, 0.717) is 13.0 Å². The Bertz CT molecular complexity index is 402. The van der Waals surface area contributed by atoms with Gasteiger partial charge < -0.3 is 15.0 Å². The molecule has 1 aliphatic rings. The SMILES string of the molecule is O=C(O)[C@H]1C[C@H]1C(=O)NCCCn1ccnc1. The monoisotopic (exact) mass is 237 g/mol. The Morgan fingerprint density at radius 2 is 2.29 bits per heavy atom. The van der Waals surface area contributed by atoms with Crippen LogP contribution in [0.5, 0.6) is 0 Å². The Balaban J connectivity index is 1.60. The van der Waals surface area contributed by atoms with Crippen LogP contribution in [0.3, 0.4) is 0 Å². The standard InChI is InChI=1S/C11H15N3O3/c15-10(8-6-9(8)11(16)17)13-2-1-4-14-5-3-12-7-14/h3,5,7-9H,1-2,4,6H2,(H,13,15)(H,16,17)/t8-,9+/m1/s1. The van der Waals surface area contributed by atoms with Gasteiger partial charge in [-0.3, -0.25) is 9.59 Å². The number of imidazole rings is 1. The number of aryl methyl sites for hydroxylation is 1. The number of carboxylic acids is 1. The molecule has 6 heteroatoms. The topological polar surface area (TPSA) is 84.2 Å². The number of nitrogens with one attached hydrogen (secondary N) is 1. The highest BCUT2D eigenvalue weighted by Crippen LogP contribution is 2.38. The summed E-state index contributed by atoms with van der Waals surface area (Å²) < 4.78 is 1.93. The molecule has 17 heavy (non-hydrogen) atoms. The molecular weight excluding hydrogens is 222 g/mol. The summed E-state index contributed by atoms with van der Waals surface area (Å²) in [5, 5.41) is 11.4. The van der Waals surface area contributed by atoms with Crippen molar-refractivity contribution in [3.05, 3.63) is 18.7 Å². The number of hydrogen-bond donors (Lipinski definition) is 2. The third kappa shape index (κ3) is 3.05. The zero-order chi connectivity index (χ0) is 12.3. The van der Waals surface area contributed by atoms with Crippen molar-refractivity contribution in [2.45, 2.75) is 19.4 Å². The number of nitrogens with zero attached hydrogens (tertiary/aromatic N) is 2. The molecule has 0 spiro atoms. The molecule has 0 aromatic carbocycles. The van der Waals surface area contributed by atoms with E-state index in [4.69, 9.17) is 5.11 Å². The van der Waals surface area contributed by atoms with Crippen LogP contribution in [0.25, 0.3) is 0 Å². The normalized spacial score (nSPS) is 22.1. The molecular formula is C11H15N3O3. The summed E-state index contributed by atoms with van der Waals surface area (Å²) in [6.07, 6.45) is 6.59. The third-order valence-electron chi connectivity index (χ3n) is 2.90. The van der Waals surface area contributed by atoms with Crippen LogP contribution in [0.15, 0.2) is 18.7 Å². The summed E-state index contributed by atoms with van der Waals surface area (Å²) in [7, 11) is 0. The van der Waals surface area contributed by atoms with Crippen molar-refractivity contribution in [3.63, 3.8) is 0 Å². The molecule has 92 valence electrons. The van der Waals surface area contributed by atoms with E-state index in [0.717, 1.165) is 13.0 Å². The zero-order valence-electron chi connectivity index (χ0n) is 9.37. The Kier molecular flexibility index (Phi) is 3.41. The molecule has 1 saturated carbocycles. The van der Waals surface area contributed by atoms with Gasteiger partial charge in [-0.1, -0.05) is 0 Å². The number of hydrogen-bond acceptors (Lipinski definition) is 3. The van der Waals surface area contributed by atoms with E-state index in [1.165, 1.54) is 0 Å². The van der Waals surface area contributed by atoms with Crippen LogP contribution in [-0.2, 0) is 16.1 Å². The van der Waals surface area contributed by atoms with Gasteiger partial charge in [-0.15, -0.1) is 0 Å². The highest BCUT2D eigenvalue weighted by Gasteiger charge is 2.48. The second-order valence-corrected chi connectivity index (χ2v) is 4.23. The fraction of sp³-hybridized carbons (Fsp3) is 0.545. The Morgan fingerprint density at radius 1 is 1.47 bits per heavy atom. The lowest BCUT2D eigenvalue weighted by molar-refractivity contribution is -0.140. The van der Waals surface area contributed by atoms with Crippen molar-refractivity contribution in [1.82, 2.24) is 14.9 Å². The first-order valence-electron chi connectivity index (χ1n) is 5.64. The summed E-state index contributed by atoms with van der Waals surface area (Å²) in [5.41, 5.74) is 0. The molecule has 2 atom stereocenters. The highest BCUT2D eigenvalue weighted by molar-refractivity contribution is 5.89. The van der Waals surface area contributed by atoms with Crippen molar-refractivity contribution in [2.75, 3.05) is 6.54 Å². The molecule has 1 fully saturated rings. The van der Waals surface area contributed by atoms with Crippen molar-refractivity contribution in [3.8, 4) is 0 Å². The van der Waals surface area contributed by atoms with Crippen molar-refractivity contribution < 1.29 is 14.7 Å². The van der Waals surface area contributed by atoms with E-state index in [1.54, 1.807) is 12.5 Å². The van der Waals surface area contributed by atoms with Gasteiger partial charge >= 0.3 is 5.97 Å². The van der Waals surface area contributed by atoms with E-state index >= 15 is 0 Å². The van der Waals surface area contributed by atoms with E-state index < -0.39 is 11.9 Å². The molecule has 0 bridgehead atoms. The van der Waals surface area contributed by atoms with Crippen LogP contribution in [0.4, 0.5) is 0 Å². The molecule has 0 aliphatic heterocycles. The molecule has 1 aliphatic carbocycles. The average molecular weight is 237 g/mol. The maximum Gasteiger partial charge on any atom is 0.307 e. The summed E-state index contributed by atoms with van der Waals surface area (Å²) >= 11 is 0. The predicted octanol–water partition coefficient (Wildman–Crippen LogP) is 0.110. The lowest BCUT2D eigenvalue weighted by atomic mass is 10.3. The van der Waals surface area contributed by atoms with Gasteiger partial charge in [0.25, 0.3) is 0 Å². The number of amides is 1. The first kappa shape index (κ1) is 11.6. The van der Waals surface area contributed by atoms with Crippen LogP contribution >= 0.6 is 0 Å². The molecule has 0 saturated heterocycles. The van der Waals surface area contributed by atoms with Gasteiger partial charge in [0.2, 0.25) is 5.91 Å². The number of aromatic nitrogens is 2. The lowest BCUT2D eigenvalue weighted by Gasteiger charge is -2.04. The van der Waals surface area contributed by atoms with E-state index in [1.807, 2.05) is 10.8 Å². The van der Waals surface area contributed by atoms with E-state index in [-0.39, 0.29) is 11.8 Å². The Morgan fingerprint density at radius 3 is 2.88 bits per heavy atom. The van der Waals surface area contributed by atoms with Crippen LogP contribution in [0.1, 0.15) is 12.8 Å². The molecule has 0 radical (unpaired) electrons. The van der Waals surface area contributed by atoms with Gasteiger partial charge in [-0.2, -0.15) is 0 Å². The van der Waals surface area contributed by atoms with Crippen LogP contribution in [0, 0.1) is 11.8 Å². The molecule has 1 aromatic rings. The molecule has 2 N–H and O–H groups in total. The summed E-state index contributed by atoms with van der Waals surface area (Å²) in [5.74, 6) is -1.80. The van der Waals surface area contributed by atoms with Gasteiger partial charge in [0.05, 0.1) is 18.2 Å². The second kappa shape index (κ2) is 4.99. The fourth-order valence-corrected chi connectivity index (χ4v) is 1.78. The minimum Gasteiger partial charge on any atom is -0.481 e. The van der Waals surface area contributed by atoms with Crippen molar-refractivity contribution in [1.29, 1.82) is 0 Å². The molecule has 2 rings (SSSR count). The second-order valence-electron chi connectivity index (χ2n) is 4.23. The summed E-state index contributed by atoms with van der Waals surface area (Å²) in [6.45, 7) is 1.37. The number of rotatable bonds is 6. The van der Waals surface area contributed by atoms with Gasteiger partial charge in [0.15, 0.2) is 0 Å². The Hall–Kier alpha value is -1.85. The van der Waals surface area contributed by atoms with E-state index in [9.17, 15) is 9.59 Å². The summed E-state index contributed by atoms with van der Waals surface area (Å²) in [4.78, 5) is 26.0. The maximum atomic E-state index is 11.5. The minimum atomic E-state index is -0.872. The van der Waals surface area contributed by atoms with Crippen molar-refractivity contribution >= 4 is 11.9 Å². The molecule has 1 amide bonds. The van der Waals surface area contributed by atoms with Gasteiger partial charge in [-0.25, -0.2) is 4.98 Å². The first-order valence-corrected chi connectivity index (χ1v) is 5.64. The van der Waals surface area contributed by atoms with Gasteiger partial charge in [0.1, 0.15) is 0 Å². The first-order chi connectivity index (χ1) is 8.18. The van der Waals surface area contributed by atoms with Gasteiger partial charge in [-0.05, 0) is 12.8 Å². The van der Waals surface area contributed by atoms with Crippen LogP contribution in [0.2, 0.25) is 0 Å². The number of aliphatic carboxylic acids is 1. The maximum absolute atomic E-state index is 11.5. The summed E-state index contributed by atoms with van der Waals surface area (Å²) in [6, 6.07) is 0. The van der Waals surface area contributed by atoms with Crippen LogP contribution < -0.4 is 5.32 Å². The van der Waals surface area contributed by atoms with Gasteiger partial charge in [0, 0.05) is 25.5 Å². The highest BCUT2D eigenvalue weighted by atomic mass is 16.4.